The number of urea groups is 1. The highest BCUT2D eigenvalue weighted by atomic mass is 16.3. The highest BCUT2D eigenvalue weighted by molar-refractivity contribution is 5.74. The number of hydrogen-bond acceptors (Lipinski definition) is 4. The quantitative estimate of drug-likeness (QED) is 0.774. The summed E-state index contributed by atoms with van der Waals surface area (Å²) in [6.07, 6.45) is 2.62. The molecule has 0 spiro atoms. The Bertz CT molecular complexity index is 696. The fourth-order valence-corrected chi connectivity index (χ4v) is 2.95. The van der Waals surface area contributed by atoms with Gasteiger partial charge in [-0.3, -0.25) is 0 Å². The van der Waals surface area contributed by atoms with E-state index < -0.39 is 0 Å². The van der Waals surface area contributed by atoms with Gasteiger partial charge in [-0.1, -0.05) is 24.3 Å². The van der Waals surface area contributed by atoms with Crippen molar-refractivity contribution in [1.82, 2.24) is 25.4 Å². The lowest BCUT2D eigenvalue weighted by Gasteiger charge is -2.23. The molecular weight excluding hydrogens is 306 g/mol. The maximum Gasteiger partial charge on any atom is 0.315 e. The molecule has 1 aliphatic rings. The molecule has 0 fully saturated rings. The topological polar surface area (TPSA) is 92.1 Å². The van der Waals surface area contributed by atoms with Crippen molar-refractivity contribution < 1.29 is 9.90 Å². The summed E-state index contributed by atoms with van der Waals surface area (Å²) in [5, 5.41) is 19.2. The van der Waals surface area contributed by atoms with Gasteiger partial charge in [-0.2, -0.15) is 5.10 Å². The van der Waals surface area contributed by atoms with Crippen molar-refractivity contribution in [2.45, 2.75) is 45.4 Å². The largest absolute Gasteiger partial charge is 0.392 e. The van der Waals surface area contributed by atoms with E-state index in [-0.39, 0.29) is 18.7 Å². The number of hydrogen-bond donors (Lipinski definition) is 3. The number of aliphatic hydroxyl groups is 1. The Kier molecular flexibility index (Phi) is 5.10. The minimum Gasteiger partial charge on any atom is -0.392 e. The number of nitrogens with one attached hydrogen (secondary N) is 2. The summed E-state index contributed by atoms with van der Waals surface area (Å²) in [6, 6.07) is 7.47. The molecule has 0 radical (unpaired) electrons. The van der Waals surface area contributed by atoms with Crippen LogP contribution in [0.1, 0.15) is 41.7 Å². The molecule has 2 amide bonds. The number of fused-ring (bicyclic) bond motifs is 1. The molecule has 2 heterocycles. The van der Waals surface area contributed by atoms with Gasteiger partial charge in [-0.15, -0.1) is 0 Å². The maximum absolute atomic E-state index is 12.1. The Balaban J connectivity index is 1.47. The third-order valence-corrected chi connectivity index (χ3v) is 4.19. The number of aromatic nitrogens is 3. The van der Waals surface area contributed by atoms with Gasteiger partial charge in [0.05, 0.1) is 12.6 Å². The number of aliphatic hydroxyl groups excluding tert-OH is 1. The van der Waals surface area contributed by atoms with Crippen LogP contribution < -0.4 is 10.6 Å². The van der Waals surface area contributed by atoms with Crippen LogP contribution >= 0.6 is 0 Å². The van der Waals surface area contributed by atoms with Crippen molar-refractivity contribution in [2.24, 2.45) is 0 Å². The number of amides is 2. The Morgan fingerprint density at radius 3 is 2.83 bits per heavy atom. The van der Waals surface area contributed by atoms with Crippen LogP contribution in [0.15, 0.2) is 24.3 Å². The first-order valence-corrected chi connectivity index (χ1v) is 8.30. The molecule has 128 valence electrons. The molecule has 7 heteroatoms. The summed E-state index contributed by atoms with van der Waals surface area (Å²) in [6.45, 7) is 3.33. The van der Waals surface area contributed by atoms with Gasteiger partial charge in [-0.05, 0) is 37.3 Å². The molecule has 24 heavy (non-hydrogen) atoms. The lowest BCUT2D eigenvalue weighted by atomic mass is 10.1. The van der Waals surface area contributed by atoms with Crippen LogP contribution in [0.3, 0.4) is 0 Å². The van der Waals surface area contributed by atoms with Crippen LogP contribution in [0.25, 0.3) is 0 Å². The van der Waals surface area contributed by atoms with Gasteiger partial charge >= 0.3 is 6.03 Å². The molecule has 0 bridgehead atoms. The minimum atomic E-state index is -0.180. The third-order valence-electron chi connectivity index (χ3n) is 4.19. The Hall–Kier alpha value is -2.41. The summed E-state index contributed by atoms with van der Waals surface area (Å²) < 4.78 is 1.88. The second kappa shape index (κ2) is 7.44. The van der Waals surface area contributed by atoms with Crippen molar-refractivity contribution in [3.05, 3.63) is 47.0 Å². The summed E-state index contributed by atoms with van der Waals surface area (Å²) >= 11 is 0. The number of carbonyl (C=O) groups excluding carboxylic acids is 1. The predicted octanol–water partition coefficient (Wildman–Crippen LogP) is 1.46. The third kappa shape index (κ3) is 3.91. The number of benzene rings is 1. The zero-order chi connectivity index (χ0) is 16.9. The Morgan fingerprint density at radius 1 is 1.33 bits per heavy atom. The molecule has 7 nitrogen and oxygen atoms in total. The second-order valence-corrected chi connectivity index (χ2v) is 6.06. The Morgan fingerprint density at radius 2 is 2.08 bits per heavy atom. The van der Waals surface area contributed by atoms with E-state index in [1.54, 1.807) is 0 Å². The molecule has 0 saturated carbocycles. The lowest BCUT2D eigenvalue weighted by molar-refractivity contribution is 0.233. The number of aryl methyl sites for hydroxylation is 2. The lowest BCUT2D eigenvalue weighted by Crippen LogP contribution is -2.40. The van der Waals surface area contributed by atoms with Gasteiger partial charge in [0, 0.05) is 13.1 Å². The van der Waals surface area contributed by atoms with E-state index in [0.29, 0.717) is 6.54 Å². The molecular formula is C17H23N5O2. The summed E-state index contributed by atoms with van der Waals surface area (Å²) in [5.41, 5.74) is 2.02. The molecule has 1 atom stereocenters. The molecule has 3 rings (SSSR count). The fourth-order valence-electron chi connectivity index (χ4n) is 2.95. The van der Waals surface area contributed by atoms with Crippen LogP contribution in [-0.4, -0.2) is 32.4 Å². The SMILES string of the molecule is Cc1nc2n(n1)CCCC2NC(=O)NCCc1ccc(CO)cc1. The first-order valence-electron chi connectivity index (χ1n) is 8.30. The van der Waals surface area contributed by atoms with Gasteiger partial charge in [0.15, 0.2) is 0 Å². The average molecular weight is 329 g/mol. The first-order chi connectivity index (χ1) is 11.7. The molecule has 0 aliphatic carbocycles. The van der Waals surface area contributed by atoms with E-state index in [2.05, 4.69) is 20.7 Å². The van der Waals surface area contributed by atoms with Crippen molar-refractivity contribution in [3.8, 4) is 0 Å². The van der Waals surface area contributed by atoms with Crippen LogP contribution in [0.5, 0.6) is 0 Å². The zero-order valence-electron chi connectivity index (χ0n) is 13.8. The van der Waals surface area contributed by atoms with Gasteiger partial charge < -0.3 is 15.7 Å². The summed E-state index contributed by atoms with van der Waals surface area (Å²) in [4.78, 5) is 16.5. The van der Waals surface area contributed by atoms with E-state index in [9.17, 15) is 4.79 Å². The first kappa shape index (κ1) is 16.4. The smallest absolute Gasteiger partial charge is 0.315 e. The molecule has 0 saturated heterocycles. The molecule has 1 aromatic carbocycles. The second-order valence-electron chi connectivity index (χ2n) is 6.06. The van der Waals surface area contributed by atoms with E-state index >= 15 is 0 Å². The monoisotopic (exact) mass is 329 g/mol. The predicted molar refractivity (Wildman–Crippen MR) is 89.3 cm³/mol. The molecule has 1 unspecified atom stereocenters. The maximum atomic E-state index is 12.1. The van der Waals surface area contributed by atoms with E-state index in [4.69, 9.17) is 5.11 Å². The van der Waals surface area contributed by atoms with Gasteiger partial charge in [0.25, 0.3) is 0 Å². The highest BCUT2D eigenvalue weighted by Crippen LogP contribution is 2.22. The van der Waals surface area contributed by atoms with Crippen LogP contribution in [-0.2, 0) is 19.6 Å². The van der Waals surface area contributed by atoms with Crippen LogP contribution in [0.2, 0.25) is 0 Å². The standard InChI is InChI=1S/C17H23N5O2/c1-12-19-16-15(3-2-10-22(16)21-12)20-17(24)18-9-8-13-4-6-14(11-23)7-5-13/h4-7,15,23H,2-3,8-11H2,1H3,(H2,18,20,24). The highest BCUT2D eigenvalue weighted by Gasteiger charge is 2.24. The van der Waals surface area contributed by atoms with Crippen LogP contribution in [0.4, 0.5) is 4.79 Å². The van der Waals surface area contributed by atoms with Gasteiger partial charge in [0.1, 0.15) is 11.6 Å². The summed E-state index contributed by atoms with van der Waals surface area (Å²) in [7, 11) is 0. The molecule has 2 aromatic rings. The minimum absolute atomic E-state index is 0.0480. The van der Waals surface area contributed by atoms with E-state index in [1.165, 1.54) is 0 Å². The zero-order valence-corrected chi connectivity index (χ0v) is 13.8. The van der Waals surface area contributed by atoms with Crippen LogP contribution in [0, 0.1) is 6.92 Å². The van der Waals surface area contributed by atoms with Crippen molar-refractivity contribution in [3.63, 3.8) is 0 Å². The van der Waals surface area contributed by atoms with Crippen molar-refractivity contribution >= 4 is 6.03 Å². The average Bonchev–Trinajstić information content (AvgIpc) is 2.97. The van der Waals surface area contributed by atoms with Gasteiger partial charge in [-0.25, -0.2) is 14.5 Å². The van der Waals surface area contributed by atoms with E-state index in [1.807, 2.05) is 35.9 Å². The number of carbonyl (C=O) groups is 1. The molecule has 1 aromatic heterocycles. The van der Waals surface area contributed by atoms with Gasteiger partial charge in [0.2, 0.25) is 0 Å². The Labute approximate surface area is 141 Å². The number of nitrogens with zero attached hydrogens (tertiary/aromatic N) is 3. The van der Waals surface area contributed by atoms with Crippen molar-refractivity contribution in [1.29, 1.82) is 0 Å². The summed E-state index contributed by atoms with van der Waals surface area (Å²) in [5.74, 6) is 1.58. The van der Waals surface area contributed by atoms with E-state index in [0.717, 1.165) is 48.6 Å². The molecule has 1 aliphatic heterocycles. The fraction of sp³-hybridized carbons (Fsp3) is 0.471. The molecule has 3 N–H and O–H groups in total. The van der Waals surface area contributed by atoms with Crippen molar-refractivity contribution in [2.75, 3.05) is 6.54 Å². The number of rotatable bonds is 5. The normalized spacial score (nSPS) is 16.5.